The van der Waals surface area contributed by atoms with E-state index in [1.165, 1.54) is 0 Å². The summed E-state index contributed by atoms with van der Waals surface area (Å²) in [7, 11) is 0. The Morgan fingerprint density at radius 1 is 1.10 bits per heavy atom. The molecule has 3 rings (SSSR count). The van der Waals surface area contributed by atoms with Gasteiger partial charge in [-0.25, -0.2) is 0 Å². The Bertz CT molecular complexity index is 735. The lowest BCUT2D eigenvalue weighted by atomic mass is 10.1. The zero-order chi connectivity index (χ0) is 14.5. The van der Waals surface area contributed by atoms with Crippen molar-refractivity contribution in [2.75, 3.05) is 0 Å². The molecule has 4 nitrogen and oxygen atoms in total. The van der Waals surface area contributed by atoms with E-state index in [4.69, 9.17) is 0 Å². The molecule has 2 heterocycles. The maximum atomic E-state index is 11.8. The molecule has 0 aliphatic rings. The Morgan fingerprint density at radius 3 is 2.86 bits per heavy atom. The monoisotopic (exact) mass is 279 g/mol. The summed E-state index contributed by atoms with van der Waals surface area (Å²) in [5.41, 5.74) is 2.93. The van der Waals surface area contributed by atoms with Gasteiger partial charge in [-0.2, -0.15) is 0 Å². The number of amides is 1. The number of aromatic amines is 1. The number of carbonyl (C=O) groups excluding carboxylic acids is 1. The van der Waals surface area contributed by atoms with Gasteiger partial charge in [-0.1, -0.05) is 24.3 Å². The highest BCUT2D eigenvalue weighted by atomic mass is 16.1. The largest absolute Gasteiger partial charge is 0.364 e. The molecule has 3 aromatic rings. The predicted molar refractivity (Wildman–Crippen MR) is 82.7 cm³/mol. The quantitative estimate of drug-likeness (QED) is 0.754. The highest BCUT2D eigenvalue weighted by Gasteiger charge is 2.04. The highest BCUT2D eigenvalue weighted by Crippen LogP contribution is 2.12. The van der Waals surface area contributed by atoms with Crippen molar-refractivity contribution in [2.45, 2.75) is 19.4 Å². The molecule has 0 aliphatic carbocycles. The first-order valence-electron chi connectivity index (χ1n) is 7.05. The molecule has 0 aliphatic heterocycles. The van der Waals surface area contributed by atoms with E-state index in [1.807, 2.05) is 48.7 Å². The third-order valence-corrected chi connectivity index (χ3v) is 3.40. The summed E-state index contributed by atoms with van der Waals surface area (Å²) in [6.45, 7) is 0.539. The van der Waals surface area contributed by atoms with Crippen LogP contribution in [0.3, 0.4) is 0 Å². The normalized spacial score (nSPS) is 10.7. The predicted octanol–water partition coefficient (Wildman–Crippen LogP) is 2.81. The van der Waals surface area contributed by atoms with Crippen molar-refractivity contribution in [3.05, 3.63) is 66.1 Å². The number of fused-ring (bicyclic) bond motifs is 1. The summed E-state index contributed by atoms with van der Waals surface area (Å²) >= 11 is 0. The lowest BCUT2D eigenvalue weighted by Gasteiger charge is -2.05. The molecular formula is C17H17N3O. The lowest BCUT2D eigenvalue weighted by Crippen LogP contribution is -2.23. The van der Waals surface area contributed by atoms with Crippen LogP contribution in [0.25, 0.3) is 10.9 Å². The van der Waals surface area contributed by atoms with Crippen LogP contribution in [-0.2, 0) is 17.8 Å². The minimum absolute atomic E-state index is 0.0413. The maximum Gasteiger partial charge on any atom is 0.220 e. The summed E-state index contributed by atoms with van der Waals surface area (Å²) in [5.74, 6) is 0.0413. The first-order valence-corrected chi connectivity index (χ1v) is 7.05. The van der Waals surface area contributed by atoms with E-state index in [0.717, 1.165) is 22.3 Å². The molecule has 0 bridgehead atoms. The van der Waals surface area contributed by atoms with Gasteiger partial charge in [0.1, 0.15) is 0 Å². The summed E-state index contributed by atoms with van der Waals surface area (Å²) in [5, 5.41) is 4.02. The van der Waals surface area contributed by atoms with Crippen LogP contribution in [0.15, 0.2) is 54.7 Å². The van der Waals surface area contributed by atoms with Gasteiger partial charge in [-0.3, -0.25) is 9.78 Å². The van der Waals surface area contributed by atoms with E-state index in [-0.39, 0.29) is 5.91 Å². The van der Waals surface area contributed by atoms with Gasteiger partial charge in [-0.15, -0.1) is 0 Å². The molecule has 1 aromatic carbocycles. The minimum atomic E-state index is 0.0413. The molecule has 0 saturated carbocycles. The van der Waals surface area contributed by atoms with Gasteiger partial charge >= 0.3 is 0 Å². The number of H-pyrrole nitrogens is 1. The van der Waals surface area contributed by atoms with E-state index >= 15 is 0 Å². The second-order valence-corrected chi connectivity index (χ2v) is 4.97. The van der Waals surface area contributed by atoms with Gasteiger partial charge in [-0.05, 0) is 30.7 Å². The first kappa shape index (κ1) is 13.4. The molecule has 0 fully saturated rings. The number of hydrogen-bond acceptors (Lipinski definition) is 2. The summed E-state index contributed by atoms with van der Waals surface area (Å²) in [4.78, 5) is 19.5. The van der Waals surface area contributed by atoms with Crippen LogP contribution in [0.5, 0.6) is 0 Å². The van der Waals surface area contributed by atoms with Crippen LogP contribution in [0, 0.1) is 0 Å². The zero-order valence-electron chi connectivity index (χ0n) is 11.7. The Hall–Kier alpha value is -2.62. The van der Waals surface area contributed by atoms with Crippen LogP contribution in [0.1, 0.15) is 17.8 Å². The van der Waals surface area contributed by atoms with Crippen molar-refractivity contribution < 1.29 is 4.79 Å². The fraction of sp³-hybridized carbons (Fsp3) is 0.176. The van der Waals surface area contributed by atoms with Gasteiger partial charge < -0.3 is 10.3 Å². The number of para-hydroxylation sites is 1. The van der Waals surface area contributed by atoms with E-state index in [2.05, 4.69) is 21.4 Å². The van der Waals surface area contributed by atoms with Gasteiger partial charge in [0.2, 0.25) is 5.91 Å². The fourth-order valence-corrected chi connectivity index (χ4v) is 2.25. The Morgan fingerprint density at radius 2 is 2.00 bits per heavy atom. The highest BCUT2D eigenvalue weighted by molar-refractivity contribution is 5.79. The number of aryl methyl sites for hydroxylation is 1. The second kappa shape index (κ2) is 6.22. The SMILES string of the molecule is O=C(CCc1ccc2ccccc2n1)NCc1ccc[nH]1. The molecular weight excluding hydrogens is 262 g/mol. The fourth-order valence-electron chi connectivity index (χ4n) is 2.25. The third-order valence-electron chi connectivity index (χ3n) is 3.40. The van der Waals surface area contributed by atoms with Crippen LogP contribution < -0.4 is 5.32 Å². The van der Waals surface area contributed by atoms with Gasteiger partial charge in [0.25, 0.3) is 0 Å². The van der Waals surface area contributed by atoms with Crippen molar-refractivity contribution in [3.8, 4) is 0 Å². The van der Waals surface area contributed by atoms with Crippen molar-refractivity contribution in [1.29, 1.82) is 0 Å². The molecule has 1 amide bonds. The van der Waals surface area contributed by atoms with Crippen LogP contribution in [0.4, 0.5) is 0 Å². The second-order valence-electron chi connectivity index (χ2n) is 4.97. The van der Waals surface area contributed by atoms with E-state index in [9.17, 15) is 4.79 Å². The third kappa shape index (κ3) is 3.48. The Balaban J connectivity index is 1.54. The maximum absolute atomic E-state index is 11.8. The number of rotatable bonds is 5. The zero-order valence-corrected chi connectivity index (χ0v) is 11.7. The number of benzene rings is 1. The van der Waals surface area contributed by atoms with Crippen LogP contribution in [-0.4, -0.2) is 15.9 Å². The molecule has 0 unspecified atom stereocenters. The average Bonchev–Trinajstić information content (AvgIpc) is 3.04. The summed E-state index contributed by atoms with van der Waals surface area (Å²) < 4.78 is 0. The molecule has 2 aromatic heterocycles. The Kier molecular flexibility index (Phi) is 3.96. The minimum Gasteiger partial charge on any atom is -0.364 e. The van der Waals surface area contributed by atoms with Gasteiger partial charge in [0.05, 0.1) is 12.1 Å². The number of hydrogen-bond donors (Lipinski definition) is 2. The molecule has 2 N–H and O–H groups in total. The van der Waals surface area contributed by atoms with Gasteiger partial charge in [0, 0.05) is 29.4 Å². The average molecular weight is 279 g/mol. The van der Waals surface area contributed by atoms with Crippen molar-refractivity contribution in [2.24, 2.45) is 0 Å². The van der Waals surface area contributed by atoms with Crippen molar-refractivity contribution in [3.63, 3.8) is 0 Å². The summed E-state index contributed by atoms with van der Waals surface area (Å²) in [6.07, 6.45) is 2.95. The van der Waals surface area contributed by atoms with Crippen LogP contribution in [0.2, 0.25) is 0 Å². The lowest BCUT2D eigenvalue weighted by molar-refractivity contribution is -0.121. The number of aromatic nitrogens is 2. The molecule has 106 valence electrons. The Labute approximate surface area is 123 Å². The topological polar surface area (TPSA) is 57.8 Å². The summed E-state index contributed by atoms with van der Waals surface area (Å²) in [6, 6.07) is 15.9. The molecule has 4 heteroatoms. The standard InChI is InChI=1S/C17H17N3O/c21-17(19-12-15-5-3-11-18-15)10-9-14-8-7-13-4-1-2-6-16(13)20-14/h1-8,11,18H,9-10,12H2,(H,19,21). The van der Waals surface area contributed by atoms with Gasteiger partial charge in [0.15, 0.2) is 0 Å². The number of nitrogens with zero attached hydrogens (tertiary/aromatic N) is 1. The number of pyridine rings is 1. The smallest absolute Gasteiger partial charge is 0.220 e. The van der Waals surface area contributed by atoms with Crippen molar-refractivity contribution >= 4 is 16.8 Å². The molecule has 0 atom stereocenters. The van der Waals surface area contributed by atoms with Crippen molar-refractivity contribution in [1.82, 2.24) is 15.3 Å². The number of carbonyl (C=O) groups is 1. The molecule has 0 saturated heterocycles. The van der Waals surface area contributed by atoms with E-state index < -0.39 is 0 Å². The number of nitrogens with one attached hydrogen (secondary N) is 2. The van der Waals surface area contributed by atoms with E-state index in [1.54, 1.807) is 0 Å². The van der Waals surface area contributed by atoms with Crippen LogP contribution >= 0.6 is 0 Å². The molecule has 0 radical (unpaired) electrons. The van der Waals surface area contributed by atoms with E-state index in [0.29, 0.717) is 19.4 Å². The molecule has 0 spiro atoms. The first-order chi connectivity index (χ1) is 10.3. The molecule has 21 heavy (non-hydrogen) atoms.